The Morgan fingerprint density at radius 1 is 1.50 bits per heavy atom. The highest BCUT2D eigenvalue weighted by atomic mass is 16.5. The minimum Gasteiger partial charge on any atom is -0.444 e. The molecule has 4 heteroatoms. The zero-order chi connectivity index (χ0) is 11.8. The van der Waals surface area contributed by atoms with Gasteiger partial charge in [0.05, 0.1) is 12.7 Å². The maximum Gasteiger partial charge on any atom is 0.208 e. The Bertz CT molecular complexity index is 284. The van der Waals surface area contributed by atoms with Crippen molar-refractivity contribution in [2.75, 3.05) is 20.3 Å². The average Bonchev–Trinajstić information content (AvgIpc) is 2.66. The highest BCUT2D eigenvalue weighted by molar-refractivity contribution is 4.94. The van der Waals surface area contributed by atoms with Gasteiger partial charge in [0.2, 0.25) is 5.89 Å². The monoisotopic (exact) mass is 226 g/mol. The van der Waals surface area contributed by atoms with Crippen LogP contribution in [0.2, 0.25) is 0 Å². The van der Waals surface area contributed by atoms with Crippen molar-refractivity contribution in [3.8, 4) is 0 Å². The molecule has 0 saturated carbocycles. The van der Waals surface area contributed by atoms with Crippen molar-refractivity contribution in [3.63, 3.8) is 0 Å². The van der Waals surface area contributed by atoms with Crippen LogP contribution in [0.15, 0.2) is 10.6 Å². The molecule has 0 spiro atoms. The number of methoxy groups -OCH3 is 1. The number of aromatic nitrogens is 1. The third kappa shape index (κ3) is 5.28. The van der Waals surface area contributed by atoms with E-state index >= 15 is 0 Å². The lowest BCUT2D eigenvalue weighted by molar-refractivity contribution is 0.193. The van der Waals surface area contributed by atoms with E-state index in [4.69, 9.17) is 9.15 Å². The van der Waals surface area contributed by atoms with Gasteiger partial charge in [0, 0.05) is 20.1 Å². The Kier molecular flexibility index (Phi) is 6.11. The molecule has 4 nitrogen and oxygen atoms in total. The van der Waals surface area contributed by atoms with Crippen molar-refractivity contribution in [3.05, 3.63) is 17.8 Å². The molecule has 0 fully saturated rings. The molecule has 16 heavy (non-hydrogen) atoms. The van der Waals surface area contributed by atoms with Crippen molar-refractivity contribution < 1.29 is 9.15 Å². The molecular weight excluding hydrogens is 204 g/mol. The number of aryl methyl sites for hydroxylation is 1. The molecule has 0 saturated heterocycles. The van der Waals surface area contributed by atoms with Gasteiger partial charge in [0.25, 0.3) is 0 Å². The van der Waals surface area contributed by atoms with Gasteiger partial charge in [-0.15, -0.1) is 0 Å². The van der Waals surface area contributed by atoms with E-state index in [1.165, 1.54) is 0 Å². The minimum absolute atomic E-state index is 0.649. The van der Waals surface area contributed by atoms with Crippen LogP contribution >= 0.6 is 0 Å². The number of ether oxygens (including phenoxy) is 1. The predicted molar refractivity (Wildman–Crippen MR) is 63.2 cm³/mol. The molecule has 0 radical (unpaired) electrons. The first-order valence-electron chi connectivity index (χ1n) is 5.85. The molecular formula is C12H22N2O2. The van der Waals surface area contributed by atoms with E-state index in [-0.39, 0.29) is 0 Å². The van der Waals surface area contributed by atoms with Crippen LogP contribution in [-0.2, 0) is 17.7 Å². The first-order chi connectivity index (χ1) is 7.72. The van der Waals surface area contributed by atoms with Crippen LogP contribution in [0, 0.1) is 5.92 Å². The smallest absolute Gasteiger partial charge is 0.208 e. The van der Waals surface area contributed by atoms with Gasteiger partial charge in [-0.25, -0.2) is 4.98 Å². The maximum absolute atomic E-state index is 5.58. The van der Waals surface area contributed by atoms with Crippen LogP contribution in [-0.4, -0.2) is 25.2 Å². The van der Waals surface area contributed by atoms with Gasteiger partial charge in [-0.2, -0.15) is 0 Å². The molecule has 0 unspecified atom stereocenters. The quantitative estimate of drug-likeness (QED) is 0.689. The molecule has 1 N–H and O–H groups in total. The third-order valence-corrected chi connectivity index (χ3v) is 2.20. The Morgan fingerprint density at radius 2 is 2.31 bits per heavy atom. The van der Waals surface area contributed by atoms with E-state index in [1.807, 2.05) is 6.20 Å². The second-order valence-corrected chi connectivity index (χ2v) is 4.34. The van der Waals surface area contributed by atoms with Crippen molar-refractivity contribution in [1.29, 1.82) is 0 Å². The SMILES string of the molecule is COCCCc1cnc(CNCC(C)C)o1. The zero-order valence-corrected chi connectivity index (χ0v) is 10.5. The lowest BCUT2D eigenvalue weighted by atomic mass is 10.2. The van der Waals surface area contributed by atoms with E-state index in [1.54, 1.807) is 7.11 Å². The molecule has 0 atom stereocenters. The first kappa shape index (κ1) is 13.2. The number of nitrogens with one attached hydrogen (secondary N) is 1. The summed E-state index contributed by atoms with van der Waals surface area (Å²) in [6.07, 6.45) is 3.68. The van der Waals surface area contributed by atoms with E-state index < -0.39 is 0 Å². The van der Waals surface area contributed by atoms with Gasteiger partial charge in [-0.3, -0.25) is 0 Å². The van der Waals surface area contributed by atoms with Crippen molar-refractivity contribution in [1.82, 2.24) is 10.3 Å². The molecule has 1 rings (SSSR count). The fraction of sp³-hybridized carbons (Fsp3) is 0.750. The van der Waals surface area contributed by atoms with Crippen LogP contribution < -0.4 is 5.32 Å². The van der Waals surface area contributed by atoms with Gasteiger partial charge >= 0.3 is 0 Å². The third-order valence-electron chi connectivity index (χ3n) is 2.20. The van der Waals surface area contributed by atoms with Crippen LogP contribution in [0.4, 0.5) is 0 Å². The molecule has 92 valence electrons. The lowest BCUT2D eigenvalue weighted by Crippen LogP contribution is -2.19. The van der Waals surface area contributed by atoms with Gasteiger partial charge in [0.1, 0.15) is 5.76 Å². The average molecular weight is 226 g/mol. The molecule has 0 amide bonds. The van der Waals surface area contributed by atoms with E-state index in [9.17, 15) is 0 Å². The normalized spacial score (nSPS) is 11.2. The van der Waals surface area contributed by atoms with Crippen molar-refractivity contribution in [2.45, 2.75) is 33.2 Å². The topological polar surface area (TPSA) is 47.3 Å². The maximum atomic E-state index is 5.58. The molecule has 0 aromatic carbocycles. The summed E-state index contributed by atoms with van der Waals surface area (Å²) < 4.78 is 10.6. The summed E-state index contributed by atoms with van der Waals surface area (Å²) >= 11 is 0. The molecule has 1 heterocycles. The fourth-order valence-electron chi connectivity index (χ4n) is 1.40. The van der Waals surface area contributed by atoms with Crippen LogP contribution in [0.5, 0.6) is 0 Å². The van der Waals surface area contributed by atoms with Crippen LogP contribution in [0.25, 0.3) is 0 Å². The predicted octanol–water partition coefficient (Wildman–Crippen LogP) is 2.00. The Morgan fingerprint density at radius 3 is 3.00 bits per heavy atom. The van der Waals surface area contributed by atoms with E-state index in [2.05, 4.69) is 24.1 Å². The Labute approximate surface area is 97.4 Å². The van der Waals surface area contributed by atoms with Crippen molar-refractivity contribution >= 4 is 0 Å². The number of rotatable bonds is 8. The summed E-state index contributed by atoms with van der Waals surface area (Å²) in [5.41, 5.74) is 0. The highest BCUT2D eigenvalue weighted by Gasteiger charge is 2.03. The molecule has 0 aliphatic heterocycles. The van der Waals surface area contributed by atoms with Crippen LogP contribution in [0.3, 0.4) is 0 Å². The summed E-state index contributed by atoms with van der Waals surface area (Å²) in [5, 5.41) is 3.30. The largest absolute Gasteiger partial charge is 0.444 e. The molecule has 0 aliphatic carbocycles. The van der Waals surface area contributed by atoms with Gasteiger partial charge in [-0.1, -0.05) is 13.8 Å². The molecule has 0 aliphatic rings. The van der Waals surface area contributed by atoms with Gasteiger partial charge in [0.15, 0.2) is 0 Å². The standard InChI is InChI=1S/C12H22N2O2/c1-10(2)7-13-9-12-14-8-11(16-12)5-4-6-15-3/h8,10,13H,4-7,9H2,1-3H3. The second-order valence-electron chi connectivity index (χ2n) is 4.34. The summed E-state index contributed by atoms with van der Waals surface area (Å²) in [6.45, 7) is 6.82. The Balaban J connectivity index is 2.22. The second kappa shape index (κ2) is 7.41. The van der Waals surface area contributed by atoms with Gasteiger partial charge < -0.3 is 14.5 Å². The summed E-state index contributed by atoms with van der Waals surface area (Å²) in [4.78, 5) is 4.22. The summed E-state index contributed by atoms with van der Waals surface area (Å²) in [5.74, 6) is 2.36. The minimum atomic E-state index is 0.649. The lowest BCUT2D eigenvalue weighted by Gasteiger charge is -2.04. The fourth-order valence-corrected chi connectivity index (χ4v) is 1.40. The zero-order valence-electron chi connectivity index (χ0n) is 10.5. The molecule has 0 bridgehead atoms. The summed E-state index contributed by atoms with van der Waals surface area (Å²) in [6, 6.07) is 0. The Hall–Kier alpha value is -0.870. The van der Waals surface area contributed by atoms with E-state index in [0.717, 1.165) is 37.6 Å². The number of hydrogen-bond donors (Lipinski definition) is 1. The molecule has 1 aromatic rings. The highest BCUT2D eigenvalue weighted by Crippen LogP contribution is 2.06. The van der Waals surface area contributed by atoms with Crippen LogP contribution in [0.1, 0.15) is 31.9 Å². The summed E-state index contributed by atoms with van der Waals surface area (Å²) in [7, 11) is 1.71. The number of hydrogen-bond acceptors (Lipinski definition) is 4. The number of nitrogens with zero attached hydrogens (tertiary/aromatic N) is 1. The van der Waals surface area contributed by atoms with Gasteiger partial charge in [-0.05, 0) is 18.9 Å². The molecule has 1 aromatic heterocycles. The number of oxazole rings is 1. The first-order valence-corrected chi connectivity index (χ1v) is 5.85. The van der Waals surface area contributed by atoms with E-state index in [0.29, 0.717) is 12.5 Å². The van der Waals surface area contributed by atoms with Crippen molar-refractivity contribution in [2.24, 2.45) is 5.92 Å².